The summed E-state index contributed by atoms with van der Waals surface area (Å²) in [5.74, 6) is -1.48. The van der Waals surface area contributed by atoms with Gasteiger partial charge in [-0.25, -0.2) is 9.18 Å². The van der Waals surface area contributed by atoms with Gasteiger partial charge in [0.25, 0.3) is 5.69 Å². The number of carbonyl (C=O) groups excluding carboxylic acids is 1. The largest absolute Gasteiger partial charge is 0.463 e. The second-order valence-electron chi connectivity index (χ2n) is 4.01. The van der Waals surface area contributed by atoms with Crippen LogP contribution in [0.4, 0.5) is 15.8 Å². The van der Waals surface area contributed by atoms with Gasteiger partial charge < -0.3 is 14.5 Å². The summed E-state index contributed by atoms with van der Waals surface area (Å²) in [6.45, 7) is -0.0251. The van der Waals surface area contributed by atoms with Crippen molar-refractivity contribution >= 4 is 17.3 Å². The van der Waals surface area contributed by atoms with Crippen molar-refractivity contribution in [3.05, 3.63) is 57.8 Å². The first-order chi connectivity index (χ1) is 10.0. The van der Waals surface area contributed by atoms with E-state index in [1.165, 1.54) is 31.6 Å². The molecule has 0 atom stereocenters. The number of nitrogens with zero attached hydrogens (tertiary/aromatic N) is 1. The Balaban J connectivity index is 2.23. The zero-order chi connectivity index (χ0) is 15.4. The number of carbonyl (C=O) groups is 1. The van der Waals surface area contributed by atoms with Gasteiger partial charge in [0.05, 0.1) is 18.3 Å². The summed E-state index contributed by atoms with van der Waals surface area (Å²) in [5, 5.41) is 13.5. The lowest BCUT2D eigenvalue weighted by atomic mass is 10.2. The Morgan fingerprint density at radius 1 is 1.48 bits per heavy atom. The third-order valence-electron chi connectivity index (χ3n) is 2.76. The molecule has 1 aromatic carbocycles. The maximum atomic E-state index is 13.7. The van der Waals surface area contributed by atoms with Gasteiger partial charge >= 0.3 is 5.97 Å². The summed E-state index contributed by atoms with van der Waals surface area (Å²) < 4.78 is 23.2. The molecule has 0 saturated carbocycles. The first kappa shape index (κ1) is 14.5. The van der Waals surface area contributed by atoms with Crippen LogP contribution in [-0.2, 0) is 11.3 Å². The predicted molar refractivity (Wildman–Crippen MR) is 70.4 cm³/mol. The number of nitro benzene ring substituents is 1. The lowest BCUT2D eigenvalue weighted by Crippen LogP contribution is -2.08. The maximum Gasteiger partial charge on any atom is 0.374 e. The molecule has 0 aliphatic rings. The lowest BCUT2D eigenvalue weighted by molar-refractivity contribution is -0.384. The third kappa shape index (κ3) is 2.99. The number of benzene rings is 1. The molecule has 0 saturated heterocycles. The number of anilines is 1. The molecule has 2 aromatic rings. The van der Waals surface area contributed by atoms with Crippen LogP contribution in [-0.4, -0.2) is 18.0 Å². The van der Waals surface area contributed by atoms with Crippen molar-refractivity contribution in [1.82, 2.24) is 0 Å². The van der Waals surface area contributed by atoms with Crippen molar-refractivity contribution in [3.63, 3.8) is 0 Å². The maximum absolute atomic E-state index is 13.7. The smallest absolute Gasteiger partial charge is 0.374 e. The fraction of sp³-hybridized carbons (Fsp3) is 0.154. The van der Waals surface area contributed by atoms with Gasteiger partial charge in [-0.2, -0.15) is 0 Å². The number of esters is 1. The fourth-order valence-corrected chi connectivity index (χ4v) is 1.77. The Bertz CT molecular complexity index is 683. The lowest BCUT2D eigenvalue weighted by Gasteiger charge is -2.07. The molecule has 1 aromatic heterocycles. The second-order valence-corrected chi connectivity index (χ2v) is 4.01. The average molecular weight is 294 g/mol. The first-order valence-corrected chi connectivity index (χ1v) is 5.86. The molecule has 2 rings (SSSR count). The SMILES string of the molecule is COC(=O)c1occc1CNc1c(F)cccc1[N+](=O)[O-]. The molecule has 0 aliphatic heterocycles. The highest BCUT2D eigenvalue weighted by Crippen LogP contribution is 2.27. The van der Waals surface area contributed by atoms with Gasteiger partial charge in [-0.05, 0) is 12.1 Å². The van der Waals surface area contributed by atoms with Crippen LogP contribution in [0.15, 0.2) is 34.9 Å². The molecule has 21 heavy (non-hydrogen) atoms. The number of hydrogen-bond acceptors (Lipinski definition) is 6. The van der Waals surface area contributed by atoms with Gasteiger partial charge in [-0.1, -0.05) is 6.07 Å². The molecular weight excluding hydrogens is 283 g/mol. The molecule has 0 aliphatic carbocycles. The standard InChI is InChI=1S/C13H11FN2O5/c1-20-13(17)12-8(5-6-21-12)7-15-11-9(14)3-2-4-10(11)16(18)19/h2-6,15H,7H2,1H3. The Morgan fingerprint density at radius 2 is 2.24 bits per heavy atom. The quantitative estimate of drug-likeness (QED) is 0.517. The van der Waals surface area contributed by atoms with Crippen LogP contribution in [0.25, 0.3) is 0 Å². The number of hydrogen-bond donors (Lipinski definition) is 1. The minimum Gasteiger partial charge on any atom is -0.463 e. The van der Waals surface area contributed by atoms with Crippen LogP contribution in [0.2, 0.25) is 0 Å². The van der Waals surface area contributed by atoms with Crippen LogP contribution >= 0.6 is 0 Å². The van der Waals surface area contributed by atoms with E-state index in [9.17, 15) is 19.3 Å². The van der Waals surface area contributed by atoms with E-state index in [0.717, 1.165) is 6.07 Å². The van der Waals surface area contributed by atoms with Crippen molar-refractivity contribution in [1.29, 1.82) is 0 Å². The topological polar surface area (TPSA) is 94.6 Å². The van der Waals surface area contributed by atoms with E-state index in [2.05, 4.69) is 10.1 Å². The van der Waals surface area contributed by atoms with E-state index in [1.54, 1.807) is 0 Å². The van der Waals surface area contributed by atoms with Gasteiger partial charge in [0.1, 0.15) is 5.69 Å². The van der Waals surface area contributed by atoms with Crippen molar-refractivity contribution in [2.75, 3.05) is 12.4 Å². The highest BCUT2D eigenvalue weighted by molar-refractivity contribution is 5.88. The van der Waals surface area contributed by atoms with E-state index < -0.39 is 22.4 Å². The van der Waals surface area contributed by atoms with Crippen LogP contribution in [0.3, 0.4) is 0 Å². The molecule has 0 radical (unpaired) electrons. The molecule has 0 bridgehead atoms. The summed E-state index contributed by atoms with van der Waals surface area (Å²) in [7, 11) is 1.20. The molecule has 7 nitrogen and oxygen atoms in total. The van der Waals surface area contributed by atoms with Crippen LogP contribution in [0.5, 0.6) is 0 Å². The Hall–Kier alpha value is -2.90. The summed E-state index contributed by atoms with van der Waals surface area (Å²) in [5.41, 5.74) is -0.239. The van der Waals surface area contributed by atoms with Gasteiger partial charge in [0.2, 0.25) is 5.76 Å². The minimum atomic E-state index is -0.757. The molecular formula is C13H11FN2O5. The zero-order valence-corrected chi connectivity index (χ0v) is 11.0. The monoisotopic (exact) mass is 294 g/mol. The Kier molecular flexibility index (Phi) is 4.17. The summed E-state index contributed by atoms with van der Waals surface area (Å²) in [6.07, 6.45) is 1.28. The highest BCUT2D eigenvalue weighted by Gasteiger charge is 2.20. The zero-order valence-electron chi connectivity index (χ0n) is 11.0. The van der Waals surface area contributed by atoms with Gasteiger partial charge in [0, 0.05) is 18.2 Å². The van der Waals surface area contributed by atoms with Crippen molar-refractivity contribution in [2.24, 2.45) is 0 Å². The van der Waals surface area contributed by atoms with Gasteiger partial charge in [0.15, 0.2) is 5.82 Å². The fourth-order valence-electron chi connectivity index (χ4n) is 1.77. The number of nitro groups is 1. The van der Waals surface area contributed by atoms with Crippen molar-refractivity contribution in [2.45, 2.75) is 6.54 Å². The number of furan rings is 1. The Labute approximate surface area is 118 Å². The van der Waals surface area contributed by atoms with E-state index in [1.807, 2.05) is 0 Å². The van der Waals surface area contributed by atoms with Crippen molar-refractivity contribution < 1.29 is 23.3 Å². The first-order valence-electron chi connectivity index (χ1n) is 5.86. The minimum absolute atomic E-state index is 0.0251. The van der Waals surface area contributed by atoms with E-state index in [0.29, 0.717) is 5.56 Å². The number of methoxy groups -OCH3 is 1. The van der Waals surface area contributed by atoms with Crippen LogP contribution in [0, 0.1) is 15.9 Å². The molecule has 0 amide bonds. The normalized spacial score (nSPS) is 10.2. The van der Waals surface area contributed by atoms with Crippen LogP contribution < -0.4 is 5.32 Å². The number of rotatable bonds is 5. The Morgan fingerprint density at radius 3 is 2.90 bits per heavy atom. The number of ether oxygens (including phenoxy) is 1. The van der Waals surface area contributed by atoms with E-state index >= 15 is 0 Å². The second kappa shape index (κ2) is 6.04. The van der Waals surface area contributed by atoms with Crippen molar-refractivity contribution in [3.8, 4) is 0 Å². The highest BCUT2D eigenvalue weighted by atomic mass is 19.1. The number of para-hydroxylation sites is 1. The number of nitrogens with one attached hydrogen (secondary N) is 1. The summed E-state index contributed by atoms with van der Waals surface area (Å²) in [6, 6.07) is 5.02. The summed E-state index contributed by atoms with van der Waals surface area (Å²) >= 11 is 0. The molecule has 110 valence electrons. The molecule has 0 spiro atoms. The van der Waals surface area contributed by atoms with Gasteiger partial charge in [-0.3, -0.25) is 10.1 Å². The molecule has 0 unspecified atom stereocenters. The van der Waals surface area contributed by atoms with E-state index in [-0.39, 0.29) is 18.0 Å². The molecule has 8 heteroatoms. The molecule has 1 heterocycles. The number of halogens is 1. The molecule has 0 fully saturated rings. The summed E-state index contributed by atoms with van der Waals surface area (Å²) in [4.78, 5) is 21.6. The third-order valence-corrected chi connectivity index (χ3v) is 2.76. The van der Waals surface area contributed by atoms with Crippen LogP contribution in [0.1, 0.15) is 16.1 Å². The van der Waals surface area contributed by atoms with E-state index in [4.69, 9.17) is 4.42 Å². The average Bonchev–Trinajstić information content (AvgIpc) is 2.93. The van der Waals surface area contributed by atoms with Gasteiger partial charge in [-0.15, -0.1) is 0 Å². The predicted octanol–water partition coefficient (Wildman–Crippen LogP) is 2.73. The molecule has 1 N–H and O–H groups in total.